The van der Waals surface area contributed by atoms with Crippen LogP contribution in [0.2, 0.25) is 0 Å². The van der Waals surface area contributed by atoms with Crippen LogP contribution in [0.25, 0.3) is 11.3 Å². The van der Waals surface area contributed by atoms with Gasteiger partial charge in [-0.15, -0.1) is 0 Å². The average Bonchev–Trinajstić information content (AvgIpc) is 2.69. The molecule has 0 unspecified atom stereocenters. The zero-order chi connectivity index (χ0) is 18.2. The van der Waals surface area contributed by atoms with Crippen LogP contribution >= 0.6 is 0 Å². The van der Waals surface area contributed by atoms with Crippen LogP contribution in [-0.4, -0.2) is 22.2 Å². The van der Waals surface area contributed by atoms with Crippen LogP contribution in [0, 0.1) is 0 Å². The highest BCUT2D eigenvalue weighted by Crippen LogP contribution is 2.19. The molecule has 1 aromatic carbocycles. The maximum atomic E-state index is 12.1. The van der Waals surface area contributed by atoms with Gasteiger partial charge in [-0.25, -0.2) is 4.68 Å². The molecule has 1 aromatic heterocycles. The van der Waals surface area contributed by atoms with Gasteiger partial charge < -0.3 is 5.32 Å². The Morgan fingerprint density at radius 1 is 1.12 bits per heavy atom. The predicted octanol–water partition coefficient (Wildman–Crippen LogP) is 3.31. The highest BCUT2D eigenvalue weighted by atomic mass is 16.2. The van der Waals surface area contributed by atoms with E-state index in [-0.39, 0.29) is 24.4 Å². The number of carbonyl (C=O) groups excluding carboxylic acids is 1. The molecule has 0 radical (unpaired) electrons. The molecule has 0 bridgehead atoms. The lowest BCUT2D eigenvalue weighted by atomic mass is 9.97. The summed E-state index contributed by atoms with van der Waals surface area (Å²) in [5.74, 6) is -0.0415. The summed E-state index contributed by atoms with van der Waals surface area (Å²) in [6, 6.07) is 12.9. The maximum Gasteiger partial charge on any atom is 0.266 e. The first-order chi connectivity index (χ1) is 12.7. The lowest BCUT2D eigenvalue weighted by Crippen LogP contribution is -2.29. The first-order valence-electron chi connectivity index (χ1n) is 9.30. The van der Waals surface area contributed by atoms with Crippen LogP contribution in [0.4, 0.5) is 0 Å². The van der Waals surface area contributed by atoms with Crippen molar-refractivity contribution in [3.63, 3.8) is 0 Å². The van der Waals surface area contributed by atoms with E-state index >= 15 is 0 Å². The molecule has 0 spiro atoms. The van der Waals surface area contributed by atoms with E-state index in [0.717, 1.165) is 30.5 Å². The van der Waals surface area contributed by atoms with Crippen LogP contribution < -0.4 is 10.9 Å². The highest BCUT2D eigenvalue weighted by molar-refractivity contribution is 5.75. The van der Waals surface area contributed by atoms with Gasteiger partial charge in [-0.3, -0.25) is 9.59 Å². The quantitative estimate of drug-likeness (QED) is 0.779. The number of aryl methyl sites for hydroxylation is 1. The fraction of sp³-hybridized carbons (Fsp3) is 0.381. The van der Waals surface area contributed by atoms with Gasteiger partial charge in [0.05, 0.1) is 12.2 Å². The number of allylic oxidation sites excluding steroid dienone is 1. The molecule has 1 aliphatic carbocycles. The second-order valence-electron chi connectivity index (χ2n) is 6.60. The molecular formula is C21H25N3O2. The van der Waals surface area contributed by atoms with E-state index in [2.05, 4.69) is 16.5 Å². The second kappa shape index (κ2) is 9.13. The number of hydrogen-bond donors (Lipinski definition) is 1. The van der Waals surface area contributed by atoms with E-state index in [4.69, 9.17) is 0 Å². The molecule has 5 nitrogen and oxygen atoms in total. The molecule has 0 saturated heterocycles. The lowest BCUT2D eigenvalue weighted by molar-refractivity contribution is -0.121. The highest BCUT2D eigenvalue weighted by Gasteiger charge is 2.07. The van der Waals surface area contributed by atoms with Gasteiger partial charge in [0.15, 0.2) is 0 Å². The number of benzene rings is 1. The fourth-order valence-electron chi connectivity index (χ4n) is 3.16. The Hall–Kier alpha value is -2.69. The summed E-state index contributed by atoms with van der Waals surface area (Å²) in [5.41, 5.74) is 2.94. The van der Waals surface area contributed by atoms with Crippen molar-refractivity contribution in [1.82, 2.24) is 15.1 Å². The van der Waals surface area contributed by atoms with E-state index in [1.807, 2.05) is 30.3 Å². The number of nitrogens with zero attached hydrogens (tertiary/aromatic N) is 2. The molecule has 0 fully saturated rings. The number of aromatic nitrogens is 2. The molecule has 1 amide bonds. The Morgan fingerprint density at radius 2 is 1.96 bits per heavy atom. The van der Waals surface area contributed by atoms with Crippen LogP contribution in [0.3, 0.4) is 0 Å². The van der Waals surface area contributed by atoms with E-state index in [1.165, 1.54) is 29.2 Å². The third-order valence-corrected chi connectivity index (χ3v) is 4.64. The summed E-state index contributed by atoms with van der Waals surface area (Å²) >= 11 is 0. The van der Waals surface area contributed by atoms with Gasteiger partial charge in [-0.2, -0.15) is 5.10 Å². The number of rotatable bonds is 7. The number of carbonyl (C=O) groups is 1. The molecule has 1 heterocycles. The van der Waals surface area contributed by atoms with Crippen molar-refractivity contribution in [1.29, 1.82) is 0 Å². The van der Waals surface area contributed by atoms with Crippen molar-refractivity contribution < 1.29 is 4.79 Å². The van der Waals surface area contributed by atoms with Crippen molar-refractivity contribution >= 4 is 5.91 Å². The van der Waals surface area contributed by atoms with Gasteiger partial charge >= 0.3 is 0 Å². The number of nitrogens with one attached hydrogen (secondary N) is 1. The van der Waals surface area contributed by atoms with Crippen LogP contribution in [0.15, 0.2) is 58.9 Å². The Bertz CT molecular complexity index is 825. The zero-order valence-corrected chi connectivity index (χ0v) is 15.0. The molecule has 136 valence electrons. The summed E-state index contributed by atoms with van der Waals surface area (Å²) in [4.78, 5) is 24.0. The van der Waals surface area contributed by atoms with Gasteiger partial charge in [0.2, 0.25) is 5.91 Å². The summed E-state index contributed by atoms with van der Waals surface area (Å²) in [6.07, 6.45) is 8.33. The normalized spacial score (nSPS) is 13.9. The molecular weight excluding hydrogens is 326 g/mol. The van der Waals surface area contributed by atoms with Crippen LogP contribution in [-0.2, 0) is 11.3 Å². The minimum Gasteiger partial charge on any atom is -0.356 e. The van der Waals surface area contributed by atoms with Crippen LogP contribution in [0.1, 0.15) is 38.5 Å². The Labute approximate surface area is 153 Å². The molecule has 0 aliphatic heterocycles. The first kappa shape index (κ1) is 18.1. The van der Waals surface area contributed by atoms with Gasteiger partial charge in [-0.05, 0) is 38.2 Å². The van der Waals surface area contributed by atoms with Crippen molar-refractivity contribution in [2.45, 2.75) is 45.1 Å². The molecule has 1 aliphatic rings. The van der Waals surface area contributed by atoms with Gasteiger partial charge in [0.25, 0.3) is 5.56 Å². The summed E-state index contributed by atoms with van der Waals surface area (Å²) in [7, 11) is 0. The number of hydrogen-bond acceptors (Lipinski definition) is 3. The topological polar surface area (TPSA) is 64.0 Å². The zero-order valence-electron chi connectivity index (χ0n) is 15.0. The monoisotopic (exact) mass is 351 g/mol. The minimum atomic E-state index is -0.190. The van der Waals surface area contributed by atoms with Crippen molar-refractivity contribution in [2.75, 3.05) is 6.54 Å². The second-order valence-corrected chi connectivity index (χ2v) is 6.60. The summed E-state index contributed by atoms with van der Waals surface area (Å²) in [6.45, 7) is 0.949. The largest absolute Gasteiger partial charge is 0.356 e. The molecule has 1 N–H and O–H groups in total. The fourth-order valence-corrected chi connectivity index (χ4v) is 3.16. The smallest absolute Gasteiger partial charge is 0.266 e. The van der Waals surface area contributed by atoms with E-state index < -0.39 is 0 Å². The van der Waals surface area contributed by atoms with Crippen molar-refractivity contribution in [3.05, 3.63) is 64.5 Å². The van der Waals surface area contributed by atoms with Crippen molar-refractivity contribution in [2.24, 2.45) is 0 Å². The van der Waals surface area contributed by atoms with Gasteiger partial charge in [0, 0.05) is 24.6 Å². The van der Waals surface area contributed by atoms with E-state index in [1.54, 1.807) is 6.07 Å². The molecule has 5 heteroatoms. The lowest BCUT2D eigenvalue weighted by Gasteiger charge is -2.13. The Kier molecular flexibility index (Phi) is 6.36. The number of amides is 1. The van der Waals surface area contributed by atoms with Gasteiger partial charge in [-0.1, -0.05) is 42.0 Å². The molecule has 26 heavy (non-hydrogen) atoms. The summed E-state index contributed by atoms with van der Waals surface area (Å²) < 4.78 is 1.37. The third-order valence-electron chi connectivity index (χ3n) is 4.64. The standard InChI is InChI=1S/C21H25N3O2/c25-20(22-15-13-17-7-3-1-4-8-17)14-16-24-21(26)12-11-19(23-24)18-9-5-2-6-10-18/h2,5-7,9-12H,1,3-4,8,13-16H2,(H,22,25). The predicted molar refractivity (Wildman–Crippen MR) is 103 cm³/mol. The summed E-state index contributed by atoms with van der Waals surface area (Å²) in [5, 5.41) is 7.33. The maximum absolute atomic E-state index is 12.1. The minimum absolute atomic E-state index is 0.0415. The van der Waals surface area contributed by atoms with E-state index in [9.17, 15) is 9.59 Å². The Balaban J connectivity index is 1.51. The SMILES string of the molecule is O=C(CCn1nc(-c2ccccc2)ccc1=O)NCCC1=CCCCC1. The molecule has 3 rings (SSSR count). The van der Waals surface area contributed by atoms with Crippen molar-refractivity contribution in [3.8, 4) is 11.3 Å². The average molecular weight is 351 g/mol. The third kappa shape index (κ3) is 5.15. The molecule has 0 atom stereocenters. The first-order valence-corrected chi connectivity index (χ1v) is 9.30. The van der Waals surface area contributed by atoms with Crippen LogP contribution in [0.5, 0.6) is 0 Å². The Morgan fingerprint density at radius 3 is 2.73 bits per heavy atom. The van der Waals surface area contributed by atoms with Gasteiger partial charge in [0.1, 0.15) is 0 Å². The van der Waals surface area contributed by atoms with E-state index in [0.29, 0.717) is 6.54 Å². The molecule has 0 saturated carbocycles. The molecule has 2 aromatic rings.